The average molecular weight is 386 g/mol. The Kier molecular flexibility index (Phi) is 4.86. The average Bonchev–Trinajstić information content (AvgIpc) is 2.61. The number of aryl methyl sites for hydroxylation is 1. The molecule has 8 heteroatoms. The van der Waals surface area contributed by atoms with E-state index in [9.17, 15) is 18.0 Å². The summed E-state index contributed by atoms with van der Waals surface area (Å²) in [7, 11) is -0.671. The van der Waals surface area contributed by atoms with Crippen molar-refractivity contribution in [3.8, 4) is 0 Å². The van der Waals surface area contributed by atoms with Gasteiger partial charge in [0.05, 0.1) is 4.90 Å². The van der Waals surface area contributed by atoms with Crippen molar-refractivity contribution in [3.05, 3.63) is 70.1 Å². The molecule has 27 heavy (non-hydrogen) atoms. The number of rotatable bonds is 4. The van der Waals surface area contributed by atoms with E-state index in [0.29, 0.717) is 16.8 Å². The van der Waals surface area contributed by atoms with Gasteiger partial charge in [0.25, 0.3) is 5.91 Å². The molecule has 0 aliphatic rings. The molecule has 0 saturated carbocycles. The molecule has 1 amide bonds. The van der Waals surface area contributed by atoms with Gasteiger partial charge in [0, 0.05) is 42.9 Å². The maximum Gasteiger partial charge on any atom is 0.336 e. The lowest BCUT2D eigenvalue weighted by Crippen LogP contribution is -2.22. The molecule has 7 nitrogen and oxygen atoms in total. The van der Waals surface area contributed by atoms with Crippen molar-refractivity contribution in [3.63, 3.8) is 0 Å². The Labute approximate surface area is 156 Å². The summed E-state index contributed by atoms with van der Waals surface area (Å²) in [5, 5.41) is 3.49. The van der Waals surface area contributed by atoms with Crippen molar-refractivity contribution < 1.29 is 17.6 Å². The second kappa shape index (κ2) is 6.98. The van der Waals surface area contributed by atoms with Gasteiger partial charge in [-0.05, 0) is 48.9 Å². The zero-order chi connectivity index (χ0) is 19.8. The summed E-state index contributed by atoms with van der Waals surface area (Å²) in [6.07, 6.45) is 0. The van der Waals surface area contributed by atoms with Crippen LogP contribution in [0.4, 0.5) is 5.69 Å². The summed E-state index contributed by atoms with van der Waals surface area (Å²) >= 11 is 0. The first-order valence-corrected chi connectivity index (χ1v) is 9.51. The molecular formula is C19H18N2O5S. The Bertz CT molecular complexity index is 1180. The highest BCUT2D eigenvalue weighted by Gasteiger charge is 2.17. The van der Waals surface area contributed by atoms with E-state index in [0.717, 1.165) is 15.3 Å². The second-order valence-corrected chi connectivity index (χ2v) is 8.38. The molecule has 3 aromatic rings. The number of nitrogens with one attached hydrogen (secondary N) is 1. The molecule has 0 bridgehead atoms. The highest BCUT2D eigenvalue weighted by molar-refractivity contribution is 7.89. The molecule has 1 heterocycles. The van der Waals surface area contributed by atoms with Crippen molar-refractivity contribution in [2.75, 3.05) is 19.4 Å². The molecule has 0 radical (unpaired) electrons. The summed E-state index contributed by atoms with van der Waals surface area (Å²) in [6.45, 7) is 1.81. The smallest absolute Gasteiger partial charge is 0.336 e. The number of hydrogen-bond donors (Lipinski definition) is 1. The summed E-state index contributed by atoms with van der Waals surface area (Å²) in [5.41, 5.74) is 1.48. The number of anilines is 1. The van der Waals surface area contributed by atoms with Crippen LogP contribution in [0, 0.1) is 6.92 Å². The van der Waals surface area contributed by atoms with Gasteiger partial charge in [0.2, 0.25) is 10.0 Å². The molecule has 0 aliphatic carbocycles. The maximum absolute atomic E-state index is 12.4. The lowest BCUT2D eigenvalue weighted by atomic mass is 10.1. The van der Waals surface area contributed by atoms with Crippen molar-refractivity contribution in [1.82, 2.24) is 4.31 Å². The van der Waals surface area contributed by atoms with E-state index in [1.165, 1.54) is 44.4 Å². The van der Waals surface area contributed by atoms with E-state index in [4.69, 9.17) is 4.42 Å². The fourth-order valence-electron chi connectivity index (χ4n) is 2.60. The summed E-state index contributed by atoms with van der Waals surface area (Å²) in [5.74, 6) is -0.404. The maximum atomic E-state index is 12.4. The first-order chi connectivity index (χ1) is 12.7. The van der Waals surface area contributed by atoms with E-state index < -0.39 is 21.6 Å². The van der Waals surface area contributed by atoms with E-state index in [-0.39, 0.29) is 4.90 Å². The molecule has 2 aromatic carbocycles. The molecule has 1 N–H and O–H groups in total. The van der Waals surface area contributed by atoms with Crippen LogP contribution >= 0.6 is 0 Å². The van der Waals surface area contributed by atoms with Gasteiger partial charge in [-0.2, -0.15) is 0 Å². The Morgan fingerprint density at radius 1 is 1.04 bits per heavy atom. The van der Waals surface area contributed by atoms with Crippen LogP contribution < -0.4 is 10.9 Å². The predicted molar refractivity (Wildman–Crippen MR) is 102 cm³/mol. The molecule has 3 rings (SSSR count). The Hall–Kier alpha value is -2.97. The molecular weight excluding hydrogens is 368 g/mol. The predicted octanol–water partition coefficient (Wildman–Crippen LogP) is 2.60. The third-order valence-electron chi connectivity index (χ3n) is 4.10. The SMILES string of the molecule is Cc1cc(=O)oc2cc(NC(=O)c3ccc(S(=O)(=O)N(C)C)cc3)ccc12. The van der Waals surface area contributed by atoms with Gasteiger partial charge in [-0.1, -0.05) is 0 Å². The normalized spacial score (nSPS) is 11.7. The van der Waals surface area contributed by atoms with Crippen LogP contribution in [0.2, 0.25) is 0 Å². The largest absolute Gasteiger partial charge is 0.423 e. The molecule has 0 unspecified atom stereocenters. The van der Waals surface area contributed by atoms with Crippen molar-refractivity contribution in [1.29, 1.82) is 0 Å². The van der Waals surface area contributed by atoms with Gasteiger partial charge in [-0.3, -0.25) is 4.79 Å². The van der Waals surface area contributed by atoms with Crippen molar-refractivity contribution in [2.24, 2.45) is 0 Å². The number of carbonyl (C=O) groups excluding carboxylic acids is 1. The quantitative estimate of drug-likeness (QED) is 0.695. The summed E-state index contributed by atoms with van der Waals surface area (Å²) in [6, 6.07) is 12.1. The van der Waals surface area contributed by atoms with Crippen LogP contribution in [-0.2, 0) is 10.0 Å². The van der Waals surface area contributed by atoms with Crippen LogP contribution in [0.3, 0.4) is 0 Å². The fraction of sp³-hybridized carbons (Fsp3) is 0.158. The minimum atomic E-state index is -3.55. The van der Waals surface area contributed by atoms with Gasteiger partial charge < -0.3 is 9.73 Å². The third-order valence-corrected chi connectivity index (χ3v) is 5.93. The van der Waals surface area contributed by atoms with Crippen LogP contribution in [0.1, 0.15) is 15.9 Å². The number of hydrogen-bond acceptors (Lipinski definition) is 5. The van der Waals surface area contributed by atoms with Crippen LogP contribution in [0.25, 0.3) is 11.0 Å². The molecule has 0 spiro atoms. The number of nitrogens with zero attached hydrogens (tertiary/aromatic N) is 1. The lowest BCUT2D eigenvalue weighted by molar-refractivity contribution is 0.102. The topological polar surface area (TPSA) is 96.7 Å². The number of sulfonamides is 1. The standard InChI is InChI=1S/C19H18N2O5S/c1-12-10-18(22)26-17-11-14(6-9-16(12)17)20-19(23)13-4-7-15(8-5-13)27(24,25)21(2)3/h4-11H,1-3H3,(H,20,23). The fourth-order valence-corrected chi connectivity index (χ4v) is 3.50. The number of carbonyl (C=O) groups is 1. The van der Waals surface area contributed by atoms with Crippen LogP contribution in [0.15, 0.2) is 62.6 Å². The third kappa shape index (κ3) is 3.76. The summed E-state index contributed by atoms with van der Waals surface area (Å²) in [4.78, 5) is 24.0. The molecule has 0 aliphatic heterocycles. The Morgan fingerprint density at radius 2 is 1.70 bits per heavy atom. The highest BCUT2D eigenvalue weighted by Crippen LogP contribution is 2.21. The zero-order valence-corrected chi connectivity index (χ0v) is 15.8. The van der Waals surface area contributed by atoms with Crippen LogP contribution in [-0.4, -0.2) is 32.7 Å². The van der Waals surface area contributed by atoms with Crippen LogP contribution in [0.5, 0.6) is 0 Å². The summed E-state index contributed by atoms with van der Waals surface area (Å²) < 4.78 is 30.4. The minimum Gasteiger partial charge on any atom is -0.423 e. The van der Waals surface area contributed by atoms with Crippen molar-refractivity contribution in [2.45, 2.75) is 11.8 Å². The highest BCUT2D eigenvalue weighted by atomic mass is 32.2. The number of fused-ring (bicyclic) bond motifs is 1. The molecule has 0 atom stereocenters. The molecule has 140 valence electrons. The monoisotopic (exact) mass is 386 g/mol. The van der Waals surface area contributed by atoms with Gasteiger partial charge in [0.1, 0.15) is 5.58 Å². The van der Waals surface area contributed by atoms with Crippen molar-refractivity contribution >= 4 is 32.6 Å². The number of amides is 1. The Morgan fingerprint density at radius 3 is 2.33 bits per heavy atom. The first kappa shape index (κ1) is 18.8. The van der Waals surface area contributed by atoms with Gasteiger partial charge in [-0.15, -0.1) is 0 Å². The van der Waals surface area contributed by atoms with E-state index in [2.05, 4.69) is 5.32 Å². The first-order valence-electron chi connectivity index (χ1n) is 8.07. The molecule has 1 aromatic heterocycles. The number of benzene rings is 2. The van der Waals surface area contributed by atoms with E-state index in [1.54, 1.807) is 25.1 Å². The van der Waals surface area contributed by atoms with E-state index >= 15 is 0 Å². The van der Waals surface area contributed by atoms with Gasteiger partial charge in [0.15, 0.2) is 0 Å². The van der Waals surface area contributed by atoms with Gasteiger partial charge in [-0.25, -0.2) is 17.5 Å². The van der Waals surface area contributed by atoms with E-state index in [1.807, 2.05) is 0 Å². The lowest BCUT2D eigenvalue weighted by Gasteiger charge is -2.12. The second-order valence-electron chi connectivity index (χ2n) is 6.23. The molecule has 0 fully saturated rings. The molecule has 0 saturated heterocycles. The Balaban J connectivity index is 1.85. The minimum absolute atomic E-state index is 0.104. The zero-order valence-electron chi connectivity index (χ0n) is 15.0. The van der Waals surface area contributed by atoms with Gasteiger partial charge >= 0.3 is 5.63 Å².